The van der Waals surface area contributed by atoms with Crippen molar-refractivity contribution in [3.05, 3.63) is 0 Å². The van der Waals surface area contributed by atoms with Crippen LogP contribution in [0.2, 0.25) is 0 Å². The molecule has 2 rings (SSSR count). The molecule has 0 aliphatic heterocycles. The Bertz CT molecular complexity index is 412. The van der Waals surface area contributed by atoms with E-state index < -0.39 is 0 Å². The molecule has 188 valence electrons. The predicted octanol–water partition coefficient (Wildman–Crippen LogP) is 6.59. The molecule has 0 aromatic carbocycles. The predicted molar refractivity (Wildman–Crippen MR) is 139 cm³/mol. The molecule has 0 aromatic rings. The number of ether oxygens (including phenoxy) is 1. The van der Waals surface area contributed by atoms with Crippen LogP contribution in [-0.4, -0.2) is 61.6 Å². The Morgan fingerprint density at radius 2 is 1.19 bits per heavy atom. The van der Waals surface area contributed by atoms with Crippen LogP contribution in [0.4, 0.5) is 0 Å². The Hall–Kier alpha value is -0.0300. The topological polar surface area (TPSA) is 32.8 Å². The van der Waals surface area contributed by atoms with E-state index in [-0.39, 0.29) is 36.2 Å². The molecule has 2 saturated carbocycles. The largest absolute Gasteiger partial charge is 0.464 e. The van der Waals surface area contributed by atoms with Crippen LogP contribution in [0.15, 0.2) is 0 Å². The Labute approximate surface area is 206 Å². The first-order valence-corrected chi connectivity index (χ1v) is 12.7. The Morgan fingerprint density at radius 3 is 1.61 bits per heavy atom. The van der Waals surface area contributed by atoms with Crippen molar-refractivity contribution in [3.8, 4) is 0 Å². The number of halogens is 2. The van der Waals surface area contributed by atoms with Crippen LogP contribution in [0.5, 0.6) is 0 Å². The molecule has 0 saturated heterocycles. The summed E-state index contributed by atoms with van der Waals surface area (Å²) in [6, 6.07) is 0. The normalized spacial score (nSPS) is 18.4. The van der Waals surface area contributed by atoms with Crippen molar-refractivity contribution < 1.29 is 9.53 Å². The van der Waals surface area contributed by atoms with Crippen LogP contribution in [0.25, 0.3) is 0 Å². The number of nitrogens with zero attached hydrogens (tertiary/aromatic N) is 2. The summed E-state index contributed by atoms with van der Waals surface area (Å²) in [7, 11) is 0. The van der Waals surface area contributed by atoms with Gasteiger partial charge in [-0.05, 0) is 64.3 Å². The fourth-order valence-electron chi connectivity index (χ4n) is 5.24. The van der Waals surface area contributed by atoms with E-state index in [1.54, 1.807) is 0 Å². The summed E-state index contributed by atoms with van der Waals surface area (Å²) < 4.78 is 5.79. The van der Waals surface area contributed by atoms with Gasteiger partial charge in [0.1, 0.15) is 6.61 Å². The van der Waals surface area contributed by atoms with E-state index in [2.05, 4.69) is 44.4 Å². The van der Waals surface area contributed by atoms with Gasteiger partial charge in [-0.3, -0.25) is 4.79 Å². The van der Waals surface area contributed by atoms with Gasteiger partial charge in [0.15, 0.2) is 0 Å². The lowest BCUT2D eigenvalue weighted by Gasteiger charge is -2.43. The van der Waals surface area contributed by atoms with Gasteiger partial charge in [0.25, 0.3) is 0 Å². The molecule has 0 aromatic heterocycles. The van der Waals surface area contributed by atoms with Crippen molar-refractivity contribution in [1.29, 1.82) is 0 Å². The number of likely N-dealkylation sites (N-methyl/N-ethyl adjacent to an activating group) is 1. The second-order valence-electron chi connectivity index (χ2n) is 8.83. The first kappa shape index (κ1) is 33.1. The molecule has 2 aliphatic carbocycles. The second-order valence-corrected chi connectivity index (χ2v) is 8.83. The maximum atomic E-state index is 12.9. The second kappa shape index (κ2) is 19.4. The summed E-state index contributed by atoms with van der Waals surface area (Å²) in [5, 5.41) is 0. The van der Waals surface area contributed by atoms with Crippen molar-refractivity contribution in [1.82, 2.24) is 9.80 Å². The van der Waals surface area contributed by atoms with E-state index in [0.29, 0.717) is 12.5 Å². The highest BCUT2D eigenvalue weighted by Crippen LogP contribution is 2.49. The van der Waals surface area contributed by atoms with Crippen LogP contribution in [0, 0.1) is 11.3 Å². The highest BCUT2D eigenvalue weighted by Gasteiger charge is 2.47. The van der Waals surface area contributed by atoms with Crippen LogP contribution < -0.4 is 0 Å². The molecule has 0 spiro atoms. The third kappa shape index (κ3) is 11.1. The van der Waals surface area contributed by atoms with Gasteiger partial charge in [0.05, 0.1) is 5.41 Å². The summed E-state index contributed by atoms with van der Waals surface area (Å²) in [6.07, 6.45) is 12.3. The summed E-state index contributed by atoms with van der Waals surface area (Å²) in [6.45, 7) is 17.9. The molecule has 0 heterocycles. The smallest absolute Gasteiger partial charge is 0.312 e. The summed E-state index contributed by atoms with van der Waals surface area (Å²) in [4.78, 5) is 17.6. The van der Waals surface area contributed by atoms with Gasteiger partial charge >= 0.3 is 5.97 Å². The minimum Gasteiger partial charge on any atom is -0.464 e. The molecule has 6 heteroatoms. The van der Waals surface area contributed by atoms with E-state index in [9.17, 15) is 4.79 Å². The first-order valence-electron chi connectivity index (χ1n) is 12.7. The molecule has 2 aliphatic rings. The summed E-state index contributed by atoms with van der Waals surface area (Å²) in [5.41, 5.74) is -0.137. The van der Waals surface area contributed by atoms with Crippen molar-refractivity contribution in [2.75, 3.05) is 45.9 Å². The zero-order valence-corrected chi connectivity index (χ0v) is 22.8. The standard InChI is InChI=1S/C19H35NO2.C6H15N.2ClH/c1-3-20(4-2)15-16-22-18(21)19(13-9-6-10-14-19)17-11-7-5-8-12-17;1-4-7(5-2)6-3;;/h17H,3-16H2,1-2H3;4-6H2,1-3H3;2*1H. The highest BCUT2D eigenvalue weighted by atomic mass is 35.5. The Balaban J connectivity index is 0. The summed E-state index contributed by atoms with van der Waals surface area (Å²) >= 11 is 0. The molecular weight excluding hydrogens is 431 g/mol. The zero-order valence-electron chi connectivity index (χ0n) is 21.1. The molecule has 31 heavy (non-hydrogen) atoms. The van der Waals surface area contributed by atoms with E-state index in [4.69, 9.17) is 4.74 Å². The minimum atomic E-state index is -0.137. The molecule has 2 fully saturated rings. The molecule has 4 nitrogen and oxygen atoms in total. The van der Waals surface area contributed by atoms with E-state index in [1.165, 1.54) is 71.0 Å². The van der Waals surface area contributed by atoms with Gasteiger partial charge in [0, 0.05) is 6.54 Å². The number of hydrogen-bond acceptors (Lipinski definition) is 4. The lowest BCUT2D eigenvalue weighted by atomic mass is 9.62. The lowest BCUT2D eigenvalue weighted by molar-refractivity contribution is -0.164. The minimum absolute atomic E-state index is 0. The number of hydrogen-bond donors (Lipinski definition) is 0. The average Bonchev–Trinajstić information content (AvgIpc) is 2.79. The van der Waals surface area contributed by atoms with Crippen LogP contribution in [-0.2, 0) is 9.53 Å². The van der Waals surface area contributed by atoms with Crippen molar-refractivity contribution in [2.45, 2.75) is 98.8 Å². The van der Waals surface area contributed by atoms with E-state index in [1.807, 2.05) is 0 Å². The van der Waals surface area contributed by atoms with Crippen molar-refractivity contribution in [3.63, 3.8) is 0 Å². The van der Waals surface area contributed by atoms with Gasteiger partial charge in [-0.15, -0.1) is 24.8 Å². The SMILES string of the molecule is CCN(CC)CC.CCN(CC)CCOC(=O)C1(C2CCCCC2)CCCCC1.Cl.Cl. The van der Waals surface area contributed by atoms with Gasteiger partial charge in [-0.2, -0.15) is 0 Å². The van der Waals surface area contributed by atoms with Gasteiger partial charge in [-0.1, -0.05) is 73.1 Å². The summed E-state index contributed by atoms with van der Waals surface area (Å²) in [5.74, 6) is 0.716. The molecule has 0 amide bonds. The third-order valence-electron chi connectivity index (χ3n) is 7.42. The van der Waals surface area contributed by atoms with Gasteiger partial charge in [0.2, 0.25) is 0 Å². The van der Waals surface area contributed by atoms with Gasteiger partial charge in [-0.25, -0.2) is 0 Å². The lowest BCUT2D eigenvalue weighted by Crippen LogP contribution is -2.43. The molecular formula is C25H52Cl2N2O2. The number of carbonyl (C=O) groups is 1. The zero-order chi connectivity index (χ0) is 21.5. The Kier molecular flexibility index (Phi) is 20.8. The van der Waals surface area contributed by atoms with Gasteiger partial charge < -0.3 is 14.5 Å². The van der Waals surface area contributed by atoms with Crippen LogP contribution >= 0.6 is 24.8 Å². The highest BCUT2D eigenvalue weighted by molar-refractivity contribution is 5.85. The van der Waals surface area contributed by atoms with E-state index in [0.717, 1.165) is 32.5 Å². The molecule has 0 radical (unpaired) electrons. The molecule has 0 unspecified atom stereocenters. The van der Waals surface area contributed by atoms with Crippen LogP contribution in [0.1, 0.15) is 98.8 Å². The quantitative estimate of drug-likeness (QED) is 0.328. The average molecular weight is 484 g/mol. The monoisotopic (exact) mass is 482 g/mol. The van der Waals surface area contributed by atoms with E-state index >= 15 is 0 Å². The number of carbonyl (C=O) groups excluding carboxylic acids is 1. The fraction of sp³-hybridized carbons (Fsp3) is 0.960. The van der Waals surface area contributed by atoms with Crippen molar-refractivity contribution in [2.24, 2.45) is 11.3 Å². The number of esters is 1. The molecule has 0 atom stereocenters. The first-order chi connectivity index (χ1) is 14.1. The fourth-order valence-corrected chi connectivity index (χ4v) is 5.24. The Morgan fingerprint density at radius 1 is 0.742 bits per heavy atom. The third-order valence-corrected chi connectivity index (χ3v) is 7.42. The van der Waals surface area contributed by atoms with Crippen LogP contribution in [0.3, 0.4) is 0 Å². The molecule has 0 N–H and O–H groups in total. The maximum absolute atomic E-state index is 12.9. The number of rotatable bonds is 10. The molecule has 0 bridgehead atoms. The maximum Gasteiger partial charge on any atom is 0.312 e. The van der Waals surface area contributed by atoms with Crippen molar-refractivity contribution >= 4 is 30.8 Å².